The number of nitrogens with zero attached hydrogens (tertiary/aromatic N) is 3. The van der Waals surface area contributed by atoms with Crippen molar-refractivity contribution >= 4 is 38.1 Å². The highest BCUT2D eigenvalue weighted by molar-refractivity contribution is 9.10. The van der Waals surface area contributed by atoms with Crippen molar-refractivity contribution in [3.05, 3.63) is 75.5 Å². The van der Waals surface area contributed by atoms with Crippen molar-refractivity contribution in [2.24, 2.45) is 0 Å². The third-order valence-electron chi connectivity index (χ3n) is 4.02. The van der Waals surface area contributed by atoms with E-state index in [2.05, 4.69) is 31.3 Å². The molecule has 0 saturated carbocycles. The number of benzene rings is 2. The largest absolute Gasteiger partial charge is 0.352 e. The lowest BCUT2D eigenvalue weighted by atomic mass is 10.2. The number of carbonyl (C=O) groups is 1. The van der Waals surface area contributed by atoms with Gasteiger partial charge in [0.1, 0.15) is 5.82 Å². The monoisotopic (exact) mass is 444 g/mol. The molecule has 0 unspecified atom stereocenters. The molecule has 0 atom stereocenters. The van der Waals surface area contributed by atoms with Crippen LogP contribution in [0, 0.1) is 5.82 Å². The van der Waals surface area contributed by atoms with Crippen LogP contribution in [-0.2, 0) is 6.42 Å². The van der Waals surface area contributed by atoms with E-state index >= 15 is 0 Å². The van der Waals surface area contributed by atoms with E-state index in [4.69, 9.17) is 0 Å². The number of carbonyl (C=O) groups excluding carboxylic acids is 1. The van der Waals surface area contributed by atoms with E-state index in [0.717, 1.165) is 10.2 Å². The zero-order valence-electron chi connectivity index (χ0n) is 14.0. The van der Waals surface area contributed by atoms with E-state index in [-0.39, 0.29) is 11.7 Å². The van der Waals surface area contributed by atoms with Crippen LogP contribution < -0.4 is 5.32 Å². The zero-order valence-corrected chi connectivity index (χ0v) is 16.4. The second kappa shape index (κ2) is 7.58. The van der Waals surface area contributed by atoms with E-state index in [1.165, 1.54) is 17.4 Å². The van der Waals surface area contributed by atoms with E-state index in [1.807, 2.05) is 17.5 Å². The molecule has 2 heterocycles. The Morgan fingerprint density at radius 1 is 1.22 bits per heavy atom. The number of hydrogen-bond donors (Lipinski definition) is 1. The van der Waals surface area contributed by atoms with Gasteiger partial charge in [-0.3, -0.25) is 4.79 Å². The Morgan fingerprint density at radius 2 is 2.07 bits per heavy atom. The Hall–Kier alpha value is -2.58. The van der Waals surface area contributed by atoms with Crippen LogP contribution in [0.15, 0.2) is 58.4 Å². The molecule has 4 aromatic rings. The van der Waals surface area contributed by atoms with Gasteiger partial charge in [-0.1, -0.05) is 34.1 Å². The van der Waals surface area contributed by atoms with Gasteiger partial charge in [-0.15, -0.1) is 16.4 Å². The number of aromatic nitrogens is 3. The molecule has 5 nitrogen and oxygen atoms in total. The van der Waals surface area contributed by atoms with Crippen LogP contribution in [-0.4, -0.2) is 27.0 Å². The van der Waals surface area contributed by atoms with Gasteiger partial charge in [-0.05, 0) is 30.3 Å². The van der Waals surface area contributed by atoms with Gasteiger partial charge in [0, 0.05) is 28.4 Å². The van der Waals surface area contributed by atoms with E-state index < -0.39 is 0 Å². The number of thiazole rings is 1. The van der Waals surface area contributed by atoms with Crippen molar-refractivity contribution < 1.29 is 9.18 Å². The molecule has 0 fully saturated rings. The third-order valence-corrected chi connectivity index (χ3v) is 5.38. The van der Waals surface area contributed by atoms with Crippen molar-refractivity contribution in [1.82, 2.24) is 19.9 Å². The molecule has 8 heteroatoms. The number of amides is 1. The van der Waals surface area contributed by atoms with Crippen molar-refractivity contribution in [3.8, 4) is 11.4 Å². The standard InChI is InChI=1S/C19H14BrFN4OS/c20-13-5-3-4-12(10-13)18(26)22-9-8-14-11-27-19-23-17(24-25(14)19)15-6-1-2-7-16(15)21/h1-7,10-11H,8-9H2,(H,22,26). The topological polar surface area (TPSA) is 59.3 Å². The minimum Gasteiger partial charge on any atom is -0.352 e. The van der Waals surface area contributed by atoms with Crippen molar-refractivity contribution in [3.63, 3.8) is 0 Å². The van der Waals surface area contributed by atoms with Crippen LogP contribution in [0.4, 0.5) is 4.39 Å². The highest BCUT2D eigenvalue weighted by Gasteiger charge is 2.14. The maximum atomic E-state index is 14.0. The Bertz CT molecular complexity index is 1120. The first-order valence-electron chi connectivity index (χ1n) is 8.23. The van der Waals surface area contributed by atoms with Gasteiger partial charge in [0.25, 0.3) is 5.91 Å². The summed E-state index contributed by atoms with van der Waals surface area (Å²) in [5.41, 5.74) is 1.89. The Balaban J connectivity index is 1.47. The second-order valence-corrected chi connectivity index (χ2v) is 7.61. The molecule has 1 N–H and O–H groups in total. The van der Waals surface area contributed by atoms with Crippen molar-refractivity contribution in [2.75, 3.05) is 6.54 Å². The molecule has 2 aromatic carbocycles. The van der Waals surface area contributed by atoms with Gasteiger partial charge in [-0.2, -0.15) is 4.98 Å². The first-order chi connectivity index (χ1) is 13.1. The Labute approximate surface area is 167 Å². The first kappa shape index (κ1) is 17.8. The van der Waals surface area contributed by atoms with Gasteiger partial charge in [0.2, 0.25) is 4.96 Å². The van der Waals surface area contributed by atoms with Gasteiger partial charge in [0.05, 0.1) is 11.3 Å². The van der Waals surface area contributed by atoms with Crippen LogP contribution in [0.25, 0.3) is 16.3 Å². The maximum absolute atomic E-state index is 14.0. The van der Waals surface area contributed by atoms with E-state index in [0.29, 0.717) is 34.9 Å². The number of halogens is 2. The number of fused-ring (bicyclic) bond motifs is 1. The van der Waals surface area contributed by atoms with Gasteiger partial charge in [-0.25, -0.2) is 8.91 Å². The summed E-state index contributed by atoms with van der Waals surface area (Å²) < 4.78 is 16.5. The molecular formula is C19H14BrFN4OS. The lowest BCUT2D eigenvalue weighted by molar-refractivity contribution is 0.0954. The maximum Gasteiger partial charge on any atom is 0.251 e. The smallest absolute Gasteiger partial charge is 0.251 e. The highest BCUT2D eigenvalue weighted by Crippen LogP contribution is 2.23. The Morgan fingerprint density at radius 3 is 2.89 bits per heavy atom. The van der Waals surface area contributed by atoms with Crippen molar-refractivity contribution in [1.29, 1.82) is 0 Å². The summed E-state index contributed by atoms with van der Waals surface area (Å²) in [4.78, 5) is 17.3. The van der Waals surface area contributed by atoms with Crippen LogP contribution in [0.1, 0.15) is 16.1 Å². The van der Waals surface area contributed by atoms with Crippen molar-refractivity contribution in [2.45, 2.75) is 6.42 Å². The molecular weight excluding hydrogens is 431 g/mol. The fourth-order valence-electron chi connectivity index (χ4n) is 2.69. The average Bonchev–Trinajstić information content (AvgIpc) is 3.23. The van der Waals surface area contributed by atoms with E-state index in [1.54, 1.807) is 34.8 Å². The fraction of sp³-hybridized carbons (Fsp3) is 0.105. The molecule has 2 aromatic heterocycles. The Kier molecular flexibility index (Phi) is 5.00. The zero-order chi connectivity index (χ0) is 18.8. The SMILES string of the molecule is O=C(NCCc1csc2nc(-c3ccccc3F)nn12)c1cccc(Br)c1. The average molecular weight is 445 g/mol. The molecule has 0 spiro atoms. The third kappa shape index (κ3) is 3.77. The summed E-state index contributed by atoms with van der Waals surface area (Å²) in [6.07, 6.45) is 0.597. The molecule has 0 aliphatic heterocycles. The molecule has 0 aliphatic carbocycles. The predicted molar refractivity (Wildman–Crippen MR) is 106 cm³/mol. The molecule has 27 heavy (non-hydrogen) atoms. The first-order valence-corrected chi connectivity index (χ1v) is 9.91. The van der Waals surface area contributed by atoms with Crippen LogP contribution in [0.5, 0.6) is 0 Å². The number of rotatable bonds is 5. The molecule has 4 rings (SSSR count). The second-order valence-electron chi connectivity index (χ2n) is 5.85. The highest BCUT2D eigenvalue weighted by atomic mass is 79.9. The molecule has 0 bridgehead atoms. The van der Waals surface area contributed by atoms with E-state index in [9.17, 15) is 9.18 Å². The summed E-state index contributed by atoms with van der Waals surface area (Å²) in [6.45, 7) is 0.464. The quantitative estimate of drug-likeness (QED) is 0.498. The predicted octanol–water partition coefficient (Wildman–Crippen LogP) is 4.33. The lowest BCUT2D eigenvalue weighted by Crippen LogP contribution is -2.26. The molecule has 0 aliphatic rings. The summed E-state index contributed by atoms with van der Waals surface area (Å²) in [6, 6.07) is 13.7. The molecule has 1 amide bonds. The summed E-state index contributed by atoms with van der Waals surface area (Å²) in [5, 5.41) is 9.28. The van der Waals surface area contributed by atoms with Gasteiger partial charge in [0.15, 0.2) is 5.82 Å². The summed E-state index contributed by atoms with van der Waals surface area (Å²) in [5.74, 6) is -0.119. The molecule has 136 valence electrons. The summed E-state index contributed by atoms with van der Waals surface area (Å²) >= 11 is 4.80. The van der Waals surface area contributed by atoms with Crippen LogP contribution in [0.2, 0.25) is 0 Å². The molecule has 0 saturated heterocycles. The lowest BCUT2D eigenvalue weighted by Gasteiger charge is -2.05. The van der Waals surface area contributed by atoms with Gasteiger partial charge < -0.3 is 5.32 Å². The fourth-order valence-corrected chi connectivity index (χ4v) is 3.94. The minimum absolute atomic E-state index is 0.131. The number of nitrogens with one attached hydrogen (secondary N) is 1. The van der Waals surface area contributed by atoms with Crippen LogP contribution >= 0.6 is 27.3 Å². The number of hydrogen-bond acceptors (Lipinski definition) is 4. The minimum atomic E-state index is -0.349. The van der Waals surface area contributed by atoms with Crippen LogP contribution in [0.3, 0.4) is 0 Å². The molecule has 0 radical (unpaired) electrons. The van der Waals surface area contributed by atoms with Gasteiger partial charge >= 0.3 is 0 Å². The summed E-state index contributed by atoms with van der Waals surface area (Å²) in [7, 11) is 0. The normalized spacial score (nSPS) is 11.0.